The topological polar surface area (TPSA) is 166 Å². The minimum Gasteiger partial charge on any atom is -0.508 e. The van der Waals surface area contributed by atoms with Gasteiger partial charge in [-0.1, -0.05) is 36.8 Å². The molecule has 4 N–H and O–H groups in total. The lowest BCUT2D eigenvalue weighted by Gasteiger charge is -2.43. The first kappa shape index (κ1) is 30.8. The van der Waals surface area contributed by atoms with E-state index in [2.05, 4.69) is 10.3 Å². The molecule has 0 radical (unpaired) electrons. The van der Waals surface area contributed by atoms with Crippen molar-refractivity contribution in [3.05, 3.63) is 67.6 Å². The fourth-order valence-electron chi connectivity index (χ4n) is 8.13. The molecule has 1 aromatic heterocycles. The van der Waals surface area contributed by atoms with E-state index < -0.39 is 53.4 Å². The number of imide groups is 1. The maximum atomic E-state index is 13.9. The van der Waals surface area contributed by atoms with Gasteiger partial charge >= 0.3 is 10.8 Å². The standard InChI is InChI=1S/C32H30ClN3O8S2/c1-12(2)25(31(41)42)36-29(39)23-17-10-18(24(23)30(36)40)26-22(17)21(27-28(45-26)35-32(43)46-27)16-9-13(33)3-8-19(16)44-11-20(38)34-14-4-6-15(37)7-5-14/h3-9,12,17-18,21-26,37H,10-11H2,1-2H3,(H,34,38)(H,35,43)(H,41,42)/t17?,18?,21-,22?,23?,24?,25?,26?/m1/s1. The maximum absolute atomic E-state index is 13.9. The Morgan fingerprint density at radius 2 is 1.78 bits per heavy atom. The number of aromatic amines is 1. The molecular formula is C32H30ClN3O8S2. The molecule has 0 spiro atoms. The molecule has 3 aromatic rings. The summed E-state index contributed by atoms with van der Waals surface area (Å²) in [5.41, 5.74) is 1.15. The van der Waals surface area contributed by atoms with Crippen LogP contribution in [0.2, 0.25) is 5.02 Å². The summed E-state index contributed by atoms with van der Waals surface area (Å²) < 4.78 is 6.07. The average Bonchev–Trinajstić information content (AvgIpc) is 3.73. The van der Waals surface area contributed by atoms with E-state index in [1.807, 2.05) is 0 Å². The lowest BCUT2D eigenvalue weighted by Crippen LogP contribution is -2.49. The number of phenols is 1. The molecule has 2 bridgehead atoms. The third kappa shape index (κ3) is 4.90. The summed E-state index contributed by atoms with van der Waals surface area (Å²) in [6, 6.07) is 9.89. The van der Waals surface area contributed by atoms with E-state index >= 15 is 0 Å². The van der Waals surface area contributed by atoms with Crippen molar-refractivity contribution in [2.75, 3.05) is 11.9 Å². The van der Waals surface area contributed by atoms with Gasteiger partial charge < -0.3 is 25.3 Å². The van der Waals surface area contributed by atoms with Crippen molar-refractivity contribution in [3.63, 3.8) is 0 Å². The van der Waals surface area contributed by atoms with Crippen LogP contribution in [0.4, 0.5) is 5.69 Å². The minimum atomic E-state index is -1.24. The Morgan fingerprint density at radius 1 is 1.09 bits per heavy atom. The number of benzene rings is 2. The highest BCUT2D eigenvalue weighted by atomic mass is 35.5. The number of H-pyrrole nitrogens is 1. The number of likely N-dealkylation sites (tertiary alicyclic amines) is 1. The van der Waals surface area contributed by atoms with Crippen LogP contribution in [0, 0.1) is 35.5 Å². The van der Waals surface area contributed by atoms with Crippen LogP contribution in [-0.4, -0.2) is 61.7 Å². The van der Waals surface area contributed by atoms with Crippen LogP contribution in [0.15, 0.2) is 52.3 Å². The van der Waals surface area contributed by atoms with Gasteiger partial charge in [-0.15, -0.1) is 11.8 Å². The van der Waals surface area contributed by atoms with Gasteiger partial charge in [0.05, 0.1) is 16.9 Å². The molecule has 240 valence electrons. The van der Waals surface area contributed by atoms with Gasteiger partial charge in [-0.25, -0.2) is 4.79 Å². The van der Waals surface area contributed by atoms with Crippen LogP contribution < -0.4 is 14.9 Å². The summed E-state index contributed by atoms with van der Waals surface area (Å²) >= 11 is 9.13. The van der Waals surface area contributed by atoms with E-state index in [9.17, 15) is 34.2 Å². The van der Waals surface area contributed by atoms with Crippen molar-refractivity contribution >= 4 is 64.1 Å². The second-order valence-corrected chi connectivity index (χ2v) is 15.2. The zero-order valence-electron chi connectivity index (χ0n) is 24.6. The van der Waals surface area contributed by atoms with Crippen molar-refractivity contribution in [1.29, 1.82) is 0 Å². The molecule has 2 aliphatic heterocycles. The number of nitrogens with one attached hydrogen (secondary N) is 2. The van der Waals surface area contributed by atoms with E-state index in [1.54, 1.807) is 44.2 Å². The summed E-state index contributed by atoms with van der Waals surface area (Å²) in [4.78, 5) is 69.9. The van der Waals surface area contributed by atoms with Crippen molar-refractivity contribution in [3.8, 4) is 11.5 Å². The zero-order valence-corrected chi connectivity index (χ0v) is 27.0. The Morgan fingerprint density at radius 3 is 2.46 bits per heavy atom. The Kier molecular flexibility index (Phi) is 7.68. The number of ether oxygens (including phenoxy) is 1. The monoisotopic (exact) mass is 683 g/mol. The van der Waals surface area contributed by atoms with Crippen molar-refractivity contribution in [2.24, 2.45) is 35.5 Å². The number of carboxylic acid groups (broad SMARTS) is 1. The molecular weight excluding hydrogens is 654 g/mol. The molecule has 7 unspecified atom stereocenters. The van der Waals surface area contributed by atoms with Crippen LogP contribution in [0.25, 0.3) is 0 Å². The first-order valence-electron chi connectivity index (χ1n) is 14.9. The Hall–Kier alpha value is -3.81. The van der Waals surface area contributed by atoms with Gasteiger partial charge in [-0.3, -0.25) is 24.1 Å². The molecule has 14 heteroatoms. The second kappa shape index (κ2) is 11.5. The summed E-state index contributed by atoms with van der Waals surface area (Å²) in [5.74, 6) is -4.78. The zero-order chi connectivity index (χ0) is 32.6. The van der Waals surface area contributed by atoms with Crippen LogP contribution in [0.1, 0.15) is 36.6 Å². The molecule has 1 saturated heterocycles. The molecule has 2 aromatic carbocycles. The summed E-state index contributed by atoms with van der Waals surface area (Å²) in [6.07, 6.45) is 0.629. The molecule has 11 nitrogen and oxygen atoms in total. The number of aliphatic carboxylic acids is 1. The number of nitrogens with zero attached hydrogens (tertiary/aromatic N) is 1. The third-order valence-electron chi connectivity index (χ3n) is 9.74. The van der Waals surface area contributed by atoms with Gasteiger partial charge in [0, 0.05) is 32.3 Å². The fraction of sp³-hybridized carbons (Fsp3) is 0.406. The first-order valence-corrected chi connectivity index (χ1v) is 17.0. The third-order valence-corrected chi connectivity index (χ3v) is 12.6. The molecule has 2 aliphatic carbocycles. The highest BCUT2D eigenvalue weighted by molar-refractivity contribution is 8.00. The first-order chi connectivity index (χ1) is 21.9. The van der Waals surface area contributed by atoms with Gasteiger partial charge in [0.2, 0.25) is 11.8 Å². The highest BCUT2D eigenvalue weighted by Crippen LogP contribution is 2.69. The predicted molar refractivity (Wildman–Crippen MR) is 170 cm³/mol. The Labute approximate surface area is 276 Å². The number of anilines is 1. The smallest absolute Gasteiger partial charge is 0.327 e. The second-order valence-electron chi connectivity index (χ2n) is 12.6. The summed E-state index contributed by atoms with van der Waals surface area (Å²) in [7, 11) is 0. The van der Waals surface area contributed by atoms with Gasteiger partial charge in [0.25, 0.3) is 5.91 Å². The number of phenolic OH excluding ortho intramolecular Hbond substituents is 1. The quantitative estimate of drug-likeness (QED) is 0.199. The molecule has 3 heterocycles. The number of thiazole rings is 1. The van der Waals surface area contributed by atoms with Crippen molar-refractivity contribution in [2.45, 2.75) is 42.5 Å². The molecule has 8 atom stereocenters. The molecule has 3 fully saturated rings. The number of carbonyl (C=O) groups excluding carboxylic acids is 3. The van der Waals surface area contributed by atoms with Gasteiger partial charge in [-0.05, 0) is 72.6 Å². The maximum Gasteiger partial charge on any atom is 0.327 e. The number of carboxylic acids is 1. The molecule has 7 rings (SSSR count). The van der Waals surface area contributed by atoms with Crippen LogP contribution in [0.3, 0.4) is 0 Å². The number of fused-ring (bicyclic) bond motifs is 9. The van der Waals surface area contributed by atoms with Crippen LogP contribution >= 0.6 is 34.7 Å². The lowest BCUT2D eigenvalue weighted by atomic mass is 9.68. The van der Waals surface area contributed by atoms with E-state index in [-0.39, 0.29) is 40.2 Å². The number of hydrogen-bond acceptors (Lipinski definition) is 9. The number of halogens is 1. The molecule has 3 amide bonds. The summed E-state index contributed by atoms with van der Waals surface area (Å²) in [5, 5.41) is 23.2. The van der Waals surface area contributed by atoms with Crippen LogP contribution in [-0.2, 0) is 19.2 Å². The number of carbonyl (C=O) groups is 4. The number of aromatic hydroxyl groups is 1. The predicted octanol–water partition coefficient (Wildman–Crippen LogP) is 4.40. The van der Waals surface area contributed by atoms with Gasteiger partial charge in [0.1, 0.15) is 17.5 Å². The average molecular weight is 684 g/mol. The number of aromatic nitrogens is 1. The lowest BCUT2D eigenvalue weighted by molar-refractivity contribution is -0.157. The number of rotatable bonds is 8. The van der Waals surface area contributed by atoms with Crippen molar-refractivity contribution < 1.29 is 34.1 Å². The number of thioether (sulfide) groups is 1. The van der Waals surface area contributed by atoms with E-state index in [1.165, 1.54) is 23.9 Å². The van der Waals surface area contributed by atoms with Gasteiger partial charge in [0.15, 0.2) is 6.61 Å². The van der Waals surface area contributed by atoms with Gasteiger partial charge in [-0.2, -0.15) is 0 Å². The van der Waals surface area contributed by atoms with E-state index in [0.29, 0.717) is 33.5 Å². The fourth-order valence-corrected chi connectivity index (χ4v) is 11.2. The molecule has 2 saturated carbocycles. The normalized spacial score (nSPS) is 28.2. The van der Waals surface area contributed by atoms with Crippen LogP contribution in [0.5, 0.6) is 11.5 Å². The van der Waals surface area contributed by atoms with E-state index in [4.69, 9.17) is 16.3 Å². The largest absolute Gasteiger partial charge is 0.508 e. The summed E-state index contributed by atoms with van der Waals surface area (Å²) in [6.45, 7) is 3.05. The number of amides is 3. The number of hydrogen-bond donors (Lipinski definition) is 4. The highest BCUT2D eigenvalue weighted by Gasteiger charge is 2.70. The Bertz CT molecular complexity index is 1820. The van der Waals surface area contributed by atoms with E-state index in [0.717, 1.165) is 21.1 Å². The molecule has 4 aliphatic rings. The minimum absolute atomic E-state index is 0.0698. The van der Waals surface area contributed by atoms with Crippen molar-refractivity contribution in [1.82, 2.24) is 9.88 Å². The Balaban J connectivity index is 1.24. The SMILES string of the molecule is CC(C)C(C(=O)O)N1C(=O)C2C3CC(C2C1=O)C1C3Sc2[nH]c(=O)sc2[C@@H]1c1cc(Cl)ccc1OCC(=O)Nc1ccc(O)cc1. The molecule has 46 heavy (non-hydrogen) atoms.